The largest absolute Gasteiger partial charge is 0.322 e. The molecule has 0 aliphatic carbocycles. The van der Waals surface area contributed by atoms with Gasteiger partial charge in [-0.3, -0.25) is 19.3 Å². The van der Waals surface area contributed by atoms with Crippen LogP contribution < -0.4 is 5.32 Å². The number of imide groups is 1. The summed E-state index contributed by atoms with van der Waals surface area (Å²) in [5, 5.41) is 2.69. The molecule has 2 aromatic carbocycles. The van der Waals surface area contributed by atoms with Gasteiger partial charge >= 0.3 is 0 Å². The monoisotopic (exact) mass is 442 g/mol. The predicted octanol–water partition coefficient (Wildman–Crippen LogP) is 1.10. The van der Waals surface area contributed by atoms with Gasteiger partial charge in [0.05, 0.1) is 16.0 Å². The van der Waals surface area contributed by atoms with Gasteiger partial charge in [-0.05, 0) is 49.5 Å². The maximum Gasteiger partial charge on any atom is 0.261 e. The fourth-order valence-corrected chi connectivity index (χ4v) is 5.02. The number of hydrogen-bond donors (Lipinski definition) is 1. The number of piperazine rings is 1. The lowest BCUT2D eigenvalue weighted by Gasteiger charge is -2.31. The van der Waals surface area contributed by atoms with Crippen molar-refractivity contribution in [3.05, 3.63) is 59.2 Å². The summed E-state index contributed by atoms with van der Waals surface area (Å²) in [4.78, 5) is 39.9. The topological polar surface area (TPSA) is 107 Å². The van der Waals surface area contributed by atoms with Crippen LogP contribution in [0.5, 0.6) is 0 Å². The molecule has 162 valence electrons. The number of rotatable bonds is 4. The first kappa shape index (κ1) is 21.2. The van der Waals surface area contributed by atoms with E-state index >= 15 is 0 Å². The lowest BCUT2D eigenvalue weighted by Crippen LogP contribution is -2.46. The number of sulfonamides is 1. The van der Waals surface area contributed by atoms with Crippen molar-refractivity contribution in [2.24, 2.45) is 0 Å². The Kier molecular flexibility index (Phi) is 5.38. The van der Waals surface area contributed by atoms with Gasteiger partial charge in [0.1, 0.15) is 0 Å². The van der Waals surface area contributed by atoms with Crippen LogP contribution in [-0.4, -0.2) is 80.5 Å². The molecule has 3 amide bonds. The lowest BCUT2D eigenvalue weighted by atomic mass is 10.1. The Morgan fingerprint density at radius 1 is 0.871 bits per heavy atom. The first-order valence-corrected chi connectivity index (χ1v) is 11.2. The molecule has 4 rings (SSSR count). The molecule has 9 nitrogen and oxygen atoms in total. The molecule has 0 aromatic heterocycles. The highest BCUT2D eigenvalue weighted by molar-refractivity contribution is 7.89. The van der Waals surface area contributed by atoms with E-state index < -0.39 is 27.7 Å². The Morgan fingerprint density at radius 3 is 2.13 bits per heavy atom. The number of nitrogens with zero attached hydrogens (tertiary/aromatic N) is 3. The molecular formula is C21H22N4O5S. The first-order valence-electron chi connectivity index (χ1n) is 9.75. The van der Waals surface area contributed by atoms with Crippen LogP contribution in [0.25, 0.3) is 0 Å². The van der Waals surface area contributed by atoms with Crippen molar-refractivity contribution in [1.82, 2.24) is 14.1 Å². The third-order valence-electron chi connectivity index (χ3n) is 5.56. The number of carbonyl (C=O) groups excluding carboxylic acids is 3. The molecule has 1 fully saturated rings. The number of anilines is 1. The summed E-state index contributed by atoms with van der Waals surface area (Å²) < 4.78 is 27.1. The highest BCUT2D eigenvalue weighted by atomic mass is 32.2. The van der Waals surface area contributed by atoms with Crippen LogP contribution in [0, 0.1) is 0 Å². The summed E-state index contributed by atoms with van der Waals surface area (Å²) in [6.07, 6.45) is 0. The van der Waals surface area contributed by atoms with E-state index in [1.54, 1.807) is 0 Å². The minimum absolute atomic E-state index is 0.166. The maximum absolute atomic E-state index is 12.8. The molecule has 0 atom stereocenters. The van der Waals surface area contributed by atoms with Crippen molar-refractivity contribution in [2.75, 3.05) is 45.6 Å². The highest BCUT2D eigenvalue weighted by Crippen LogP contribution is 2.24. The second-order valence-corrected chi connectivity index (χ2v) is 9.55. The Labute approximate surface area is 180 Å². The normalized spacial score (nSPS) is 17.7. The van der Waals surface area contributed by atoms with Gasteiger partial charge < -0.3 is 10.2 Å². The standard InChI is InChI=1S/C21H22N4O5S/c1-23-9-11-25(12-10-23)31(29,30)16-6-4-15(5-7-16)22-19(26)14-3-8-17-18(13-14)21(28)24(2)20(17)27/h3-8,13H,9-12H2,1-2H3,(H,22,26). The van der Waals surface area contributed by atoms with Gasteiger partial charge in [0.25, 0.3) is 17.7 Å². The quantitative estimate of drug-likeness (QED) is 0.711. The molecule has 0 spiro atoms. The molecule has 31 heavy (non-hydrogen) atoms. The molecule has 0 saturated carbocycles. The first-order chi connectivity index (χ1) is 14.7. The smallest absolute Gasteiger partial charge is 0.261 e. The van der Waals surface area contributed by atoms with E-state index in [0.717, 1.165) is 4.90 Å². The number of nitrogens with one attached hydrogen (secondary N) is 1. The number of carbonyl (C=O) groups is 3. The van der Waals surface area contributed by atoms with Crippen molar-refractivity contribution < 1.29 is 22.8 Å². The summed E-state index contributed by atoms with van der Waals surface area (Å²) in [7, 11) is -0.243. The van der Waals surface area contributed by atoms with Gasteiger partial charge in [-0.15, -0.1) is 0 Å². The van der Waals surface area contributed by atoms with Crippen molar-refractivity contribution >= 4 is 33.4 Å². The Bertz CT molecular complexity index is 1170. The van der Waals surface area contributed by atoms with Crippen molar-refractivity contribution in [3.8, 4) is 0 Å². The van der Waals surface area contributed by atoms with E-state index in [1.807, 2.05) is 7.05 Å². The van der Waals surface area contributed by atoms with Gasteiger partial charge in [-0.1, -0.05) is 0 Å². The molecule has 0 unspecified atom stereocenters. The van der Waals surface area contributed by atoms with Crippen LogP contribution in [0.2, 0.25) is 0 Å². The van der Waals surface area contributed by atoms with Gasteiger partial charge in [0.2, 0.25) is 10.0 Å². The summed E-state index contributed by atoms with van der Waals surface area (Å²) in [5.74, 6) is -1.32. The molecular weight excluding hydrogens is 420 g/mol. The fraction of sp³-hybridized carbons (Fsp3) is 0.286. The zero-order chi connectivity index (χ0) is 22.3. The maximum atomic E-state index is 12.8. The van der Waals surface area contributed by atoms with E-state index in [0.29, 0.717) is 31.9 Å². The third kappa shape index (κ3) is 3.85. The summed E-state index contributed by atoms with van der Waals surface area (Å²) >= 11 is 0. The number of likely N-dealkylation sites (N-methyl/N-ethyl adjacent to an activating group) is 1. The van der Waals surface area contributed by atoms with Crippen LogP contribution in [-0.2, 0) is 10.0 Å². The van der Waals surface area contributed by atoms with Crippen molar-refractivity contribution in [3.63, 3.8) is 0 Å². The van der Waals surface area contributed by atoms with Gasteiger partial charge in [0.15, 0.2) is 0 Å². The number of amides is 3. The molecule has 10 heteroatoms. The van der Waals surface area contributed by atoms with Crippen LogP contribution in [0.1, 0.15) is 31.1 Å². The van der Waals surface area contributed by atoms with E-state index in [2.05, 4.69) is 10.2 Å². The minimum Gasteiger partial charge on any atom is -0.322 e. The number of fused-ring (bicyclic) bond motifs is 1. The fourth-order valence-electron chi connectivity index (χ4n) is 3.59. The van der Waals surface area contributed by atoms with Gasteiger partial charge in [0, 0.05) is 44.5 Å². The molecule has 2 aromatic rings. The average Bonchev–Trinajstić information content (AvgIpc) is 2.98. The summed E-state index contributed by atoms with van der Waals surface area (Å²) in [5.41, 5.74) is 1.10. The van der Waals surface area contributed by atoms with Crippen molar-refractivity contribution in [2.45, 2.75) is 4.90 Å². The van der Waals surface area contributed by atoms with Gasteiger partial charge in [-0.2, -0.15) is 4.31 Å². The molecule has 0 radical (unpaired) electrons. The molecule has 1 saturated heterocycles. The predicted molar refractivity (Wildman–Crippen MR) is 114 cm³/mol. The lowest BCUT2D eigenvalue weighted by molar-refractivity contribution is 0.0693. The van der Waals surface area contributed by atoms with Crippen LogP contribution >= 0.6 is 0 Å². The van der Waals surface area contributed by atoms with Crippen LogP contribution in [0.15, 0.2) is 47.4 Å². The van der Waals surface area contributed by atoms with Crippen LogP contribution in [0.4, 0.5) is 5.69 Å². The zero-order valence-electron chi connectivity index (χ0n) is 17.2. The number of benzene rings is 2. The molecule has 1 N–H and O–H groups in total. The molecule has 0 bridgehead atoms. The summed E-state index contributed by atoms with van der Waals surface area (Å²) in [6.45, 7) is 2.23. The summed E-state index contributed by atoms with van der Waals surface area (Å²) in [6, 6.07) is 10.3. The minimum atomic E-state index is -3.59. The zero-order valence-corrected chi connectivity index (χ0v) is 18.0. The van der Waals surface area contributed by atoms with E-state index in [9.17, 15) is 22.8 Å². The second-order valence-electron chi connectivity index (χ2n) is 7.62. The third-order valence-corrected chi connectivity index (χ3v) is 7.48. The highest BCUT2D eigenvalue weighted by Gasteiger charge is 2.33. The SMILES string of the molecule is CN1CCN(S(=O)(=O)c2ccc(NC(=O)c3ccc4c(c3)C(=O)N(C)C4=O)cc2)CC1. The Hall–Kier alpha value is -3.08. The van der Waals surface area contributed by atoms with Crippen LogP contribution in [0.3, 0.4) is 0 Å². The van der Waals surface area contributed by atoms with Gasteiger partial charge in [-0.25, -0.2) is 8.42 Å². The molecule has 2 heterocycles. The van der Waals surface area contributed by atoms with Crippen molar-refractivity contribution in [1.29, 1.82) is 0 Å². The van der Waals surface area contributed by atoms with E-state index in [1.165, 1.54) is 53.8 Å². The Morgan fingerprint density at radius 2 is 1.48 bits per heavy atom. The Balaban J connectivity index is 1.48. The number of hydrogen-bond acceptors (Lipinski definition) is 6. The second kappa shape index (κ2) is 7.88. The van der Waals surface area contributed by atoms with E-state index in [-0.39, 0.29) is 21.6 Å². The molecule has 2 aliphatic rings. The van der Waals surface area contributed by atoms with E-state index in [4.69, 9.17) is 0 Å². The average molecular weight is 442 g/mol. The molecule has 2 aliphatic heterocycles.